The van der Waals surface area contributed by atoms with Crippen LogP contribution < -0.4 is 15.0 Å². The molecule has 2 amide bonds. The molecular weight excluding hydrogens is 394 g/mol. The fourth-order valence-corrected chi connectivity index (χ4v) is 3.38. The van der Waals surface area contributed by atoms with E-state index in [2.05, 4.69) is 20.2 Å². The number of benzene rings is 1. The third-order valence-electron chi connectivity index (χ3n) is 5.20. The van der Waals surface area contributed by atoms with Gasteiger partial charge >= 0.3 is 0 Å². The first-order valence-electron chi connectivity index (χ1n) is 10.4. The summed E-state index contributed by atoms with van der Waals surface area (Å²) in [6.07, 6.45) is 6.59. The molecule has 2 heterocycles. The van der Waals surface area contributed by atoms with Crippen LogP contribution >= 0.6 is 0 Å². The zero-order valence-corrected chi connectivity index (χ0v) is 18.2. The molecule has 8 heteroatoms. The molecule has 8 nitrogen and oxygen atoms in total. The Balaban J connectivity index is 1.56. The van der Waals surface area contributed by atoms with Crippen LogP contribution in [0.4, 0.5) is 5.95 Å². The van der Waals surface area contributed by atoms with E-state index in [1.807, 2.05) is 38.1 Å². The number of carbonyl (C=O) groups is 2. The Morgan fingerprint density at radius 1 is 1.06 bits per heavy atom. The molecule has 0 bridgehead atoms. The minimum atomic E-state index is -0.576. The molecule has 0 aliphatic carbocycles. The van der Waals surface area contributed by atoms with E-state index in [9.17, 15) is 9.59 Å². The van der Waals surface area contributed by atoms with Crippen LogP contribution in [0.3, 0.4) is 0 Å². The topological polar surface area (TPSA) is 87.7 Å². The summed E-state index contributed by atoms with van der Waals surface area (Å²) < 4.78 is 5.13. The largest absolute Gasteiger partial charge is 0.497 e. The molecule has 1 aliphatic rings. The van der Waals surface area contributed by atoms with Crippen LogP contribution in [0.2, 0.25) is 0 Å². The lowest BCUT2D eigenvalue weighted by molar-refractivity contribution is -0.137. The van der Waals surface area contributed by atoms with Gasteiger partial charge in [-0.25, -0.2) is 9.97 Å². The Labute approximate surface area is 182 Å². The number of hydrogen-bond acceptors (Lipinski definition) is 6. The van der Waals surface area contributed by atoms with Gasteiger partial charge in [-0.3, -0.25) is 9.59 Å². The Morgan fingerprint density at radius 2 is 1.71 bits per heavy atom. The summed E-state index contributed by atoms with van der Waals surface area (Å²) in [5.74, 6) is 1.05. The highest BCUT2D eigenvalue weighted by Gasteiger charge is 2.30. The van der Waals surface area contributed by atoms with Crippen LogP contribution in [-0.2, 0) is 9.59 Å². The minimum absolute atomic E-state index is 0.0266. The van der Waals surface area contributed by atoms with Gasteiger partial charge in [0.25, 0.3) is 0 Å². The second kappa shape index (κ2) is 10.6. The first-order valence-corrected chi connectivity index (χ1v) is 10.4. The fourth-order valence-electron chi connectivity index (χ4n) is 3.38. The zero-order chi connectivity index (χ0) is 22.2. The number of amides is 2. The average molecular weight is 424 g/mol. The van der Waals surface area contributed by atoms with Gasteiger partial charge in [0.05, 0.1) is 7.11 Å². The molecule has 1 atom stereocenters. The SMILES string of the molecule is COc1ccc(/C=C/C(=O)NC(C(=O)N2CCN(c3ncccn3)CC2)C(C)C)cc1. The molecular formula is C23H29N5O3. The summed E-state index contributed by atoms with van der Waals surface area (Å²) in [4.78, 5) is 37.9. The number of anilines is 1. The van der Waals surface area contributed by atoms with E-state index < -0.39 is 6.04 Å². The summed E-state index contributed by atoms with van der Waals surface area (Å²) in [6.45, 7) is 6.32. The van der Waals surface area contributed by atoms with E-state index in [4.69, 9.17) is 4.74 Å². The van der Waals surface area contributed by atoms with E-state index in [0.717, 1.165) is 11.3 Å². The molecule has 1 aliphatic heterocycles. The van der Waals surface area contributed by atoms with Gasteiger partial charge in [0.1, 0.15) is 11.8 Å². The summed E-state index contributed by atoms with van der Waals surface area (Å²) in [7, 11) is 1.61. The maximum absolute atomic E-state index is 13.1. The van der Waals surface area contributed by atoms with Gasteiger partial charge < -0.3 is 19.9 Å². The van der Waals surface area contributed by atoms with Crippen LogP contribution in [-0.4, -0.2) is 66.0 Å². The minimum Gasteiger partial charge on any atom is -0.497 e. The number of carbonyl (C=O) groups excluding carboxylic acids is 2. The van der Waals surface area contributed by atoms with Crippen LogP contribution in [0.5, 0.6) is 5.75 Å². The number of nitrogens with one attached hydrogen (secondary N) is 1. The summed E-state index contributed by atoms with van der Waals surface area (Å²) in [5.41, 5.74) is 0.877. The van der Waals surface area contributed by atoms with E-state index >= 15 is 0 Å². The van der Waals surface area contributed by atoms with Gasteiger partial charge in [0.15, 0.2) is 0 Å². The van der Waals surface area contributed by atoms with Crippen molar-refractivity contribution in [3.63, 3.8) is 0 Å². The molecule has 31 heavy (non-hydrogen) atoms. The van der Waals surface area contributed by atoms with Gasteiger partial charge in [-0.1, -0.05) is 26.0 Å². The lowest BCUT2D eigenvalue weighted by atomic mass is 10.0. The monoisotopic (exact) mass is 423 g/mol. The Bertz CT molecular complexity index is 891. The average Bonchev–Trinajstić information content (AvgIpc) is 2.81. The molecule has 1 saturated heterocycles. The Kier molecular flexibility index (Phi) is 7.59. The molecule has 0 saturated carbocycles. The first kappa shape index (κ1) is 22.3. The lowest BCUT2D eigenvalue weighted by Gasteiger charge is -2.37. The highest BCUT2D eigenvalue weighted by atomic mass is 16.5. The van der Waals surface area contributed by atoms with Crippen molar-refractivity contribution in [2.24, 2.45) is 5.92 Å². The van der Waals surface area contributed by atoms with Gasteiger partial charge in [0.2, 0.25) is 17.8 Å². The maximum Gasteiger partial charge on any atom is 0.245 e. The van der Waals surface area contributed by atoms with Gasteiger partial charge in [-0.05, 0) is 35.8 Å². The molecule has 2 aromatic rings. The van der Waals surface area contributed by atoms with Crippen molar-refractivity contribution in [2.75, 3.05) is 38.2 Å². The predicted molar refractivity (Wildman–Crippen MR) is 120 cm³/mol. The first-order chi connectivity index (χ1) is 15.0. The number of rotatable bonds is 7. The highest BCUT2D eigenvalue weighted by molar-refractivity contribution is 5.95. The van der Waals surface area contributed by atoms with Gasteiger partial charge in [-0.15, -0.1) is 0 Å². The molecule has 1 N–H and O–H groups in total. The molecule has 0 spiro atoms. The van der Waals surface area contributed by atoms with Crippen molar-refractivity contribution in [3.8, 4) is 5.75 Å². The van der Waals surface area contributed by atoms with Crippen molar-refractivity contribution in [3.05, 3.63) is 54.4 Å². The van der Waals surface area contributed by atoms with Crippen molar-refractivity contribution < 1.29 is 14.3 Å². The van der Waals surface area contributed by atoms with Crippen LogP contribution in [0, 0.1) is 5.92 Å². The quantitative estimate of drug-likeness (QED) is 0.686. The van der Waals surface area contributed by atoms with E-state index in [0.29, 0.717) is 32.1 Å². The van der Waals surface area contributed by atoms with Crippen LogP contribution in [0.25, 0.3) is 6.08 Å². The highest BCUT2D eigenvalue weighted by Crippen LogP contribution is 2.14. The summed E-state index contributed by atoms with van der Waals surface area (Å²) >= 11 is 0. The normalized spacial score (nSPS) is 15.2. The number of aromatic nitrogens is 2. The molecule has 0 radical (unpaired) electrons. The van der Waals surface area contributed by atoms with E-state index in [1.54, 1.807) is 36.5 Å². The molecule has 1 fully saturated rings. The third kappa shape index (κ3) is 6.04. The second-order valence-corrected chi connectivity index (χ2v) is 7.70. The Hall–Kier alpha value is -3.42. The summed E-state index contributed by atoms with van der Waals surface area (Å²) in [5, 5.41) is 2.87. The van der Waals surface area contributed by atoms with Crippen LogP contribution in [0.1, 0.15) is 19.4 Å². The molecule has 164 valence electrons. The molecule has 1 unspecified atom stereocenters. The van der Waals surface area contributed by atoms with Gasteiger partial charge in [0, 0.05) is 44.6 Å². The number of piperazine rings is 1. The maximum atomic E-state index is 13.1. The van der Waals surface area contributed by atoms with Crippen molar-refractivity contribution >= 4 is 23.8 Å². The lowest BCUT2D eigenvalue weighted by Crippen LogP contribution is -2.56. The number of hydrogen-bond donors (Lipinski definition) is 1. The number of ether oxygens (including phenoxy) is 1. The molecule has 1 aromatic heterocycles. The standard InChI is InChI=1S/C23H29N5O3/c1-17(2)21(26-20(29)10-7-18-5-8-19(31-3)9-6-18)22(30)27-13-15-28(16-14-27)23-24-11-4-12-25-23/h4-12,17,21H,13-16H2,1-3H3,(H,26,29)/b10-7+. The van der Waals surface area contributed by atoms with Crippen molar-refractivity contribution in [1.29, 1.82) is 0 Å². The summed E-state index contributed by atoms with van der Waals surface area (Å²) in [6, 6.07) is 8.60. The second-order valence-electron chi connectivity index (χ2n) is 7.70. The number of nitrogens with zero attached hydrogens (tertiary/aromatic N) is 4. The molecule has 3 rings (SSSR count). The smallest absolute Gasteiger partial charge is 0.245 e. The van der Waals surface area contributed by atoms with Gasteiger partial charge in [-0.2, -0.15) is 0 Å². The van der Waals surface area contributed by atoms with Crippen molar-refractivity contribution in [2.45, 2.75) is 19.9 Å². The van der Waals surface area contributed by atoms with E-state index in [1.165, 1.54) is 6.08 Å². The third-order valence-corrected chi connectivity index (χ3v) is 5.20. The van der Waals surface area contributed by atoms with Crippen molar-refractivity contribution in [1.82, 2.24) is 20.2 Å². The Morgan fingerprint density at radius 3 is 2.29 bits per heavy atom. The number of methoxy groups -OCH3 is 1. The van der Waals surface area contributed by atoms with Crippen LogP contribution in [0.15, 0.2) is 48.8 Å². The van der Waals surface area contributed by atoms with E-state index in [-0.39, 0.29) is 17.7 Å². The predicted octanol–water partition coefficient (Wildman–Crippen LogP) is 1.99. The zero-order valence-electron chi connectivity index (χ0n) is 18.2. The molecule has 1 aromatic carbocycles. The fraction of sp³-hybridized carbons (Fsp3) is 0.391.